The Morgan fingerprint density at radius 3 is 2.46 bits per heavy atom. The number of nitrogens with zero attached hydrogens (tertiary/aromatic N) is 1. The Morgan fingerprint density at radius 1 is 1.04 bits per heavy atom. The maximum atomic E-state index is 12.0. The van der Waals surface area contributed by atoms with E-state index in [-0.39, 0.29) is 6.61 Å². The standard InChI is InChI=1S/C19H17NO4/c1-14-11-18(24-20-14)13-23-19(21)16-7-9-17(10-8-16)22-12-15-5-3-2-4-6-15/h2-11H,12-13H2,1H3. The van der Waals surface area contributed by atoms with Crippen LogP contribution in [0, 0.1) is 6.92 Å². The van der Waals surface area contributed by atoms with E-state index in [0.717, 1.165) is 11.3 Å². The monoisotopic (exact) mass is 323 g/mol. The smallest absolute Gasteiger partial charge is 0.338 e. The SMILES string of the molecule is Cc1cc(COC(=O)c2ccc(OCc3ccccc3)cc2)on1. The molecule has 3 aromatic rings. The van der Waals surface area contributed by atoms with Crippen LogP contribution in [-0.4, -0.2) is 11.1 Å². The Hall–Kier alpha value is -3.08. The predicted octanol–water partition coefficient (Wildman–Crippen LogP) is 3.92. The molecule has 1 heterocycles. The van der Waals surface area contributed by atoms with Crippen LogP contribution >= 0.6 is 0 Å². The molecule has 0 aliphatic carbocycles. The van der Waals surface area contributed by atoms with Gasteiger partial charge in [-0.05, 0) is 36.8 Å². The maximum absolute atomic E-state index is 12.0. The number of aromatic nitrogens is 1. The van der Waals surface area contributed by atoms with Crippen molar-refractivity contribution in [1.82, 2.24) is 5.16 Å². The molecule has 5 nitrogen and oxygen atoms in total. The molecule has 0 aliphatic rings. The third-order valence-electron chi connectivity index (χ3n) is 3.36. The molecule has 0 radical (unpaired) electrons. The first kappa shape index (κ1) is 15.8. The summed E-state index contributed by atoms with van der Waals surface area (Å²) < 4.78 is 15.9. The van der Waals surface area contributed by atoms with Crippen LogP contribution in [0.4, 0.5) is 0 Å². The van der Waals surface area contributed by atoms with Gasteiger partial charge in [0.15, 0.2) is 12.4 Å². The van der Waals surface area contributed by atoms with Gasteiger partial charge in [-0.15, -0.1) is 0 Å². The zero-order valence-corrected chi connectivity index (χ0v) is 13.3. The van der Waals surface area contributed by atoms with Crippen molar-refractivity contribution in [2.75, 3.05) is 0 Å². The van der Waals surface area contributed by atoms with Crippen molar-refractivity contribution < 1.29 is 18.8 Å². The second-order valence-corrected chi connectivity index (χ2v) is 5.31. The van der Waals surface area contributed by atoms with E-state index in [9.17, 15) is 4.79 Å². The summed E-state index contributed by atoms with van der Waals surface area (Å²) in [6, 6.07) is 18.5. The van der Waals surface area contributed by atoms with Crippen molar-refractivity contribution in [3.8, 4) is 5.75 Å². The summed E-state index contributed by atoms with van der Waals surface area (Å²) in [5, 5.41) is 3.74. The predicted molar refractivity (Wildman–Crippen MR) is 87.6 cm³/mol. The molecule has 122 valence electrons. The second-order valence-electron chi connectivity index (χ2n) is 5.31. The number of carbonyl (C=O) groups excluding carboxylic acids is 1. The first-order valence-corrected chi connectivity index (χ1v) is 7.57. The second kappa shape index (κ2) is 7.46. The fraction of sp³-hybridized carbons (Fsp3) is 0.158. The summed E-state index contributed by atoms with van der Waals surface area (Å²) in [4.78, 5) is 12.0. The average Bonchev–Trinajstić information content (AvgIpc) is 3.04. The van der Waals surface area contributed by atoms with Crippen LogP contribution in [0.25, 0.3) is 0 Å². The van der Waals surface area contributed by atoms with E-state index in [1.807, 2.05) is 37.3 Å². The lowest BCUT2D eigenvalue weighted by Gasteiger charge is -2.07. The summed E-state index contributed by atoms with van der Waals surface area (Å²) in [6.07, 6.45) is 0. The number of benzene rings is 2. The molecule has 0 N–H and O–H groups in total. The highest BCUT2D eigenvalue weighted by Crippen LogP contribution is 2.15. The van der Waals surface area contributed by atoms with Crippen molar-refractivity contribution in [2.45, 2.75) is 20.1 Å². The van der Waals surface area contributed by atoms with Gasteiger partial charge < -0.3 is 14.0 Å². The van der Waals surface area contributed by atoms with Gasteiger partial charge in [0.05, 0.1) is 11.3 Å². The quantitative estimate of drug-likeness (QED) is 0.643. The van der Waals surface area contributed by atoms with E-state index >= 15 is 0 Å². The summed E-state index contributed by atoms with van der Waals surface area (Å²) in [5.74, 6) is 0.795. The van der Waals surface area contributed by atoms with E-state index in [4.69, 9.17) is 14.0 Å². The molecular weight excluding hydrogens is 306 g/mol. The number of esters is 1. The summed E-state index contributed by atoms with van der Waals surface area (Å²) in [7, 11) is 0. The molecule has 0 bridgehead atoms. The third-order valence-corrected chi connectivity index (χ3v) is 3.36. The Kier molecular flexibility index (Phi) is 4.91. The van der Waals surface area contributed by atoms with Gasteiger partial charge >= 0.3 is 5.97 Å². The summed E-state index contributed by atoms with van der Waals surface area (Å²) >= 11 is 0. The number of hydrogen-bond donors (Lipinski definition) is 0. The molecule has 0 spiro atoms. The van der Waals surface area contributed by atoms with Gasteiger partial charge in [-0.25, -0.2) is 4.79 Å². The first-order chi connectivity index (χ1) is 11.7. The molecule has 2 aromatic carbocycles. The van der Waals surface area contributed by atoms with Crippen LogP contribution in [0.1, 0.15) is 27.4 Å². The molecule has 0 unspecified atom stereocenters. The lowest BCUT2D eigenvalue weighted by molar-refractivity contribution is 0.0437. The van der Waals surface area contributed by atoms with Crippen molar-refractivity contribution in [3.63, 3.8) is 0 Å². The fourth-order valence-electron chi connectivity index (χ4n) is 2.13. The minimum atomic E-state index is -0.418. The van der Waals surface area contributed by atoms with Gasteiger partial charge in [0.1, 0.15) is 12.4 Å². The molecule has 0 saturated heterocycles. The zero-order valence-electron chi connectivity index (χ0n) is 13.3. The molecule has 1 aromatic heterocycles. The van der Waals surface area contributed by atoms with Crippen LogP contribution in [-0.2, 0) is 18.0 Å². The zero-order chi connectivity index (χ0) is 16.8. The third kappa shape index (κ3) is 4.23. The molecule has 24 heavy (non-hydrogen) atoms. The van der Waals surface area contributed by atoms with Crippen molar-refractivity contribution >= 4 is 5.97 Å². The van der Waals surface area contributed by atoms with Gasteiger partial charge in [0.25, 0.3) is 0 Å². The Balaban J connectivity index is 1.52. The Labute approximate surface area is 139 Å². The van der Waals surface area contributed by atoms with E-state index in [1.165, 1.54) is 0 Å². The molecule has 3 rings (SSSR count). The van der Waals surface area contributed by atoms with E-state index < -0.39 is 5.97 Å². The number of aryl methyl sites for hydroxylation is 1. The molecule has 0 atom stereocenters. The lowest BCUT2D eigenvalue weighted by Crippen LogP contribution is -2.05. The van der Waals surface area contributed by atoms with Crippen LogP contribution in [0.3, 0.4) is 0 Å². The van der Waals surface area contributed by atoms with Gasteiger partial charge in [0, 0.05) is 6.07 Å². The number of carbonyl (C=O) groups is 1. The van der Waals surface area contributed by atoms with E-state index in [1.54, 1.807) is 30.3 Å². The van der Waals surface area contributed by atoms with E-state index in [0.29, 0.717) is 23.7 Å². The summed E-state index contributed by atoms with van der Waals surface area (Å²) in [5.41, 5.74) is 2.29. The molecule has 0 saturated carbocycles. The van der Waals surface area contributed by atoms with Crippen molar-refractivity contribution in [2.24, 2.45) is 0 Å². The van der Waals surface area contributed by atoms with Crippen LogP contribution < -0.4 is 4.74 Å². The highest BCUT2D eigenvalue weighted by Gasteiger charge is 2.09. The first-order valence-electron chi connectivity index (χ1n) is 7.57. The summed E-state index contributed by atoms with van der Waals surface area (Å²) in [6.45, 7) is 2.35. The molecule has 0 fully saturated rings. The molecular formula is C19H17NO4. The molecule has 5 heteroatoms. The minimum absolute atomic E-state index is 0.0614. The van der Waals surface area contributed by atoms with Crippen molar-refractivity contribution in [1.29, 1.82) is 0 Å². The Morgan fingerprint density at radius 2 is 1.79 bits per heavy atom. The van der Waals surface area contributed by atoms with Gasteiger partial charge in [-0.2, -0.15) is 0 Å². The fourth-order valence-corrected chi connectivity index (χ4v) is 2.13. The number of ether oxygens (including phenoxy) is 2. The maximum Gasteiger partial charge on any atom is 0.338 e. The number of hydrogen-bond acceptors (Lipinski definition) is 5. The van der Waals surface area contributed by atoms with Gasteiger partial charge in [-0.1, -0.05) is 35.5 Å². The van der Waals surface area contributed by atoms with Gasteiger partial charge in [0.2, 0.25) is 0 Å². The lowest BCUT2D eigenvalue weighted by atomic mass is 10.2. The molecule has 0 amide bonds. The molecule has 0 aliphatic heterocycles. The highest BCUT2D eigenvalue weighted by molar-refractivity contribution is 5.89. The normalized spacial score (nSPS) is 10.4. The van der Waals surface area contributed by atoms with Crippen LogP contribution in [0.2, 0.25) is 0 Å². The van der Waals surface area contributed by atoms with E-state index in [2.05, 4.69) is 5.16 Å². The minimum Gasteiger partial charge on any atom is -0.489 e. The van der Waals surface area contributed by atoms with Crippen molar-refractivity contribution in [3.05, 3.63) is 83.2 Å². The topological polar surface area (TPSA) is 61.6 Å². The highest BCUT2D eigenvalue weighted by atomic mass is 16.5. The van der Waals surface area contributed by atoms with Crippen LogP contribution in [0.15, 0.2) is 65.2 Å². The Bertz CT molecular complexity index is 794. The largest absolute Gasteiger partial charge is 0.489 e. The average molecular weight is 323 g/mol. The van der Waals surface area contributed by atoms with Crippen LogP contribution in [0.5, 0.6) is 5.75 Å². The number of rotatable bonds is 6. The van der Waals surface area contributed by atoms with Gasteiger partial charge in [-0.3, -0.25) is 0 Å².